The SMILES string of the molecule is Cc1nn(C)c(C)c1S(=O)(=O)NCCOc1ccc(C(C)(C)C)cc1. The molecule has 0 atom stereocenters. The average molecular weight is 365 g/mol. The third kappa shape index (κ3) is 4.61. The minimum Gasteiger partial charge on any atom is -0.492 e. The first-order chi connectivity index (χ1) is 11.5. The molecule has 1 aromatic carbocycles. The van der Waals surface area contributed by atoms with Crippen LogP contribution in [0.3, 0.4) is 0 Å². The van der Waals surface area contributed by atoms with Gasteiger partial charge in [-0.1, -0.05) is 32.9 Å². The number of hydrogen-bond acceptors (Lipinski definition) is 4. The van der Waals surface area contributed by atoms with Crippen LogP contribution in [-0.2, 0) is 22.5 Å². The van der Waals surface area contributed by atoms with E-state index in [0.29, 0.717) is 11.4 Å². The Morgan fingerprint density at radius 2 is 1.76 bits per heavy atom. The van der Waals surface area contributed by atoms with E-state index in [2.05, 4.69) is 30.6 Å². The van der Waals surface area contributed by atoms with E-state index >= 15 is 0 Å². The summed E-state index contributed by atoms with van der Waals surface area (Å²) >= 11 is 0. The summed E-state index contributed by atoms with van der Waals surface area (Å²) in [5.74, 6) is 0.723. The smallest absolute Gasteiger partial charge is 0.244 e. The maximum absolute atomic E-state index is 12.4. The fraction of sp³-hybridized carbons (Fsp3) is 0.500. The van der Waals surface area contributed by atoms with Crippen molar-refractivity contribution in [1.29, 1.82) is 0 Å². The summed E-state index contributed by atoms with van der Waals surface area (Å²) in [4.78, 5) is 0.240. The molecule has 0 unspecified atom stereocenters. The van der Waals surface area contributed by atoms with Gasteiger partial charge in [-0.2, -0.15) is 5.10 Å². The molecule has 0 spiro atoms. The lowest BCUT2D eigenvalue weighted by molar-refractivity contribution is 0.322. The van der Waals surface area contributed by atoms with Gasteiger partial charge in [0.2, 0.25) is 10.0 Å². The molecule has 1 N–H and O–H groups in total. The highest BCUT2D eigenvalue weighted by molar-refractivity contribution is 7.89. The molecule has 1 aromatic heterocycles. The van der Waals surface area contributed by atoms with Crippen molar-refractivity contribution in [3.63, 3.8) is 0 Å². The van der Waals surface area contributed by atoms with Gasteiger partial charge in [0.25, 0.3) is 0 Å². The summed E-state index contributed by atoms with van der Waals surface area (Å²) in [6.07, 6.45) is 0. The highest BCUT2D eigenvalue weighted by atomic mass is 32.2. The molecule has 1 heterocycles. The van der Waals surface area contributed by atoms with E-state index in [1.165, 1.54) is 5.56 Å². The molecule has 7 heteroatoms. The fourth-order valence-corrected chi connectivity index (χ4v) is 4.06. The van der Waals surface area contributed by atoms with Crippen LogP contribution >= 0.6 is 0 Å². The second-order valence-electron chi connectivity index (χ2n) is 7.14. The van der Waals surface area contributed by atoms with Crippen molar-refractivity contribution in [1.82, 2.24) is 14.5 Å². The van der Waals surface area contributed by atoms with Crippen LogP contribution in [0.5, 0.6) is 5.75 Å². The monoisotopic (exact) mass is 365 g/mol. The summed E-state index contributed by atoms with van der Waals surface area (Å²) in [5, 5.41) is 4.15. The lowest BCUT2D eigenvalue weighted by Gasteiger charge is -2.19. The van der Waals surface area contributed by atoms with Crippen LogP contribution in [0.2, 0.25) is 0 Å². The largest absolute Gasteiger partial charge is 0.492 e. The first-order valence-corrected chi connectivity index (χ1v) is 9.74. The number of rotatable bonds is 6. The molecule has 6 nitrogen and oxygen atoms in total. The molecule has 2 aromatic rings. The number of nitrogens with zero attached hydrogens (tertiary/aromatic N) is 2. The van der Waals surface area contributed by atoms with Crippen LogP contribution in [0.25, 0.3) is 0 Å². The second kappa shape index (κ2) is 7.17. The van der Waals surface area contributed by atoms with Gasteiger partial charge in [0.05, 0.1) is 11.4 Å². The van der Waals surface area contributed by atoms with Gasteiger partial charge in [0.15, 0.2) is 0 Å². The van der Waals surface area contributed by atoms with Gasteiger partial charge >= 0.3 is 0 Å². The van der Waals surface area contributed by atoms with Crippen LogP contribution < -0.4 is 9.46 Å². The van der Waals surface area contributed by atoms with Crippen LogP contribution in [0.15, 0.2) is 29.2 Å². The van der Waals surface area contributed by atoms with E-state index in [1.807, 2.05) is 24.3 Å². The summed E-state index contributed by atoms with van der Waals surface area (Å²) in [7, 11) is -1.87. The van der Waals surface area contributed by atoms with Crippen molar-refractivity contribution >= 4 is 10.0 Å². The number of ether oxygens (including phenoxy) is 1. The van der Waals surface area contributed by atoms with E-state index in [4.69, 9.17) is 4.74 Å². The van der Waals surface area contributed by atoms with E-state index in [1.54, 1.807) is 25.6 Å². The van der Waals surface area contributed by atoms with Crippen molar-refractivity contribution < 1.29 is 13.2 Å². The average Bonchev–Trinajstić information content (AvgIpc) is 2.76. The third-order valence-corrected chi connectivity index (χ3v) is 5.81. The molecular weight excluding hydrogens is 338 g/mol. The van der Waals surface area contributed by atoms with E-state index in [-0.39, 0.29) is 23.5 Å². The number of hydrogen-bond donors (Lipinski definition) is 1. The number of nitrogens with one attached hydrogen (secondary N) is 1. The minimum atomic E-state index is -3.59. The van der Waals surface area contributed by atoms with E-state index in [0.717, 1.165) is 5.75 Å². The van der Waals surface area contributed by atoms with Crippen molar-refractivity contribution in [2.45, 2.75) is 44.9 Å². The molecule has 0 aliphatic carbocycles. The van der Waals surface area contributed by atoms with E-state index in [9.17, 15) is 8.42 Å². The normalized spacial score (nSPS) is 12.4. The molecule has 0 bridgehead atoms. The zero-order valence-corrected chi connectivity index (χ0v) is 16.6. The summed E-state index contributed by atoms with van der Waals surface area (Å²) in [6, 6.07) is 7.87. The highest BCUT2D eigenvalue weighted by Gasteiger charge is 2.23. The molecule has 0 saturated heterocycles. The Bertz CT molecular complexity index is 832. The zero-order valence-electron chi connectivity index (χ0n) is 15.8. The Balaban J connectivity index is 1.92. The standard InChI is InChI=1S/C18H27N3O3S/c1-13-17(14(2)21(6)20-13)25(22,23)19-11-12-24-16-9-7-15(8-10-16)18(3,4)5/h7-10,19H,11-12H2,1-6H3. The Hall–Kier alpha value is -1.86. The Kier molecular flexibility index (Phi) is 5.58. The van der Waals surface area contributed by atoms with Crippen molar-refractivity contribution in [2.24, 2.45) is 7.05 Å². The van der Waals surface area contributed by atoms with Gasteiger partial charge in [-0.15, -0.1) is 0 Å². The first kappa shape index (κ1) is 19.5. The van der Waals surface area contributed by atoms with Crippen LogP contribution in [0.4, 0.5) is 0 Å². The van der Waals surface area contributed by atoms with Gasteiger partial charge in [0.1, 0.15) is 17.3 Å². The Morgan fingerprint density at radius 1 is 1.16 bits per heavy atom. The lowest BCUT2D eigenvalue weighted by atomic mass is 9.87. The van der Waals surface area contributed by atoms with Crippen LogP contribution in [-0.4, -0.2) is 31.3 Å². The zero-order chi connectivity index (χ0) is 18.8. The van der Waals surface area contributed by atoms with Gasteiger partial charge < -0.3 is 4.74 Å². The summed E-state index contributed by atoms with van der Waals surface area (Å²) < 4.78 is 34.6. The number of aromatic nitrogens is 2. The van der Waals surface area contributed by atoms with Crippen LogP contribution in [0.1, 0.15) is 37.7 Å². The highest BCUT2D eigenvalue weighted by Crippen LogP contribution is 2.24. The molecule has 138 valence electrons. The second-order valence-corrected chi connectivity index (χ2v) is 8.85. The van der Waals surface area contributed by atoms with Gasteiger partial charge in [0, 0.05) is 13.6 Å². The Morgan fingerprint density at radius 3 is 2.24 bits per heavy atom. The molecule has 2 rings (SSSR count). The van der Waals surface area contributed by atoms with Crippen molar-refractivity contribution in [3.8, 4) is 5.75 Å². The third-order valence-electron chi connectivity index (χ3n) is 4.09. The molecule has 0 saturated carbocycles. The first-order valence-electron chi connectivity index (χ1n) is 8.25. The molecule has 0 aliphatic rings. The van der Waals surface area contributed by atoms with E-state index < -0.39 is 10.0 Å². The maximum Gasteiger partial charge on any atom is 0.244 e. The summed E-state index contributed by atoms with van der Waals surface area (Å²) in [5.41, 5.74) is 2.42. The van der Waals surface area contributed by atoms with Gasteiger partial charge in [-0.25, -0.2) is 13.1 Å². The topological polar surface area (TPSA) is 73.2 Å². The molecule has 0 aliphatic heterocycles. The fourth-order valence-electron chi connectivity index (χ4n) is 2.61. The molecule has 0 amide bonds. The number of aryl methyl sites for hydroxylation is 2. The number of sulfonamides is 1. The molecule has 25 heavy (non-hydrogen) atoms. The molecule has 0 radical (unpaired) electrons. The summed E-state index contributed by atoms with van der Waals surface area (Å²) in [6.45, 7) is 10.3. The van der Waals surface area contributed by atoms with Gasteiger partial charge in [-0.05, 0) is 37.0 Å². The van der Waals surface area contributed by atoms with Crippen LogP contribution in [0, 0.1) is 13.8 Å². The number of benzene rings is 1. The molecule has 0 fully saturated rings. The van der Waals surface area contributed by atoms with Gasteiger partial charge in [-0.3, -0.25) is 4.68 Å². The molecular formula is C18H27N3O3S. The predicted molar refractivity (Wildman–Crippen MR) is 98.5 cm³/mol. The maximum atomic E-state index is 12.4. The van der Waals surface area contributed by atoms with Crippen molar-refractivity contribution in [2.75, 3.05) is 13.2 Å². The Labute approximate surface area is 150 Å². The predicted octanol–water partition coefficient (Wildman–Crippen LogP) is 2.69. The lowest BCUT2D eigenvalue weighted by Crippen LogP contribution is -2.29. The van der Waals surface area contributed by atoms with Crippen molar-refractivity contribution in [3.05, 3.63) is 41.2 Å². The minimum absolute atomic E-state index is 0.0909. The quantitative estimate of drug-likeness (QED) is 0.799.